The van der Waals surface area contributed by atoms with E-state index in [9.17, 15) is 4.39 Å². The summed E-state index contributed by atoms with van der Waals surface area (Å²) >= 11 is 0. The first-order valence-corrected chi connectivity index (χ1v) is 6.30. The van der Waals surface area contributed by atoms with Gasteiger partial charge in [0.05, 0.1) is 6.54 Å². The van der Waals surface area contributed by atoms with E-state index in [0.717, 1.165) is 18.4 Å². The molecule has 1 aromatic rings. The van der Waals surface area contributed by atoms with Gasteiger partial charge in [0.1, 0.15) is 5.82 Å². The summed E-state index contributed by atoms with van der Waals surface area (Å²) in [6.07, 6.45) is 4.84. The average molecular weight is 250 g/mol. The number of nitrogens with one attached hydrogen (secondary N) is 2. The first-order chi connectivity index (χ1) is 8.78. The van der Waals surface area contributed by atoms with Crippen LogP contribution in [0.15, 0.2) is 29.3 Å². The number of nitrogens with two attached hydrogens (primary N) is 1. The van der Waals surface area contributed by atoms with Crippen LogP contribution in [0.2, 0.25) is 0 Å². The summed E-state index contributed by atoms with van der Waals surface area (Å²) in [4.78, 5) is 4.35. The van der Waals surface area contributed by atoms with Gasteiger partial charge < -0.3 is 5.32 Å². The molecule has 1 saturated carbocycles. The van der Waals surface area contributed by atoms with Gasteiger partial charge in [-0.2, -0.15) is 0 Å². The molecule has 2 rings (SSSR count). The predicted molar refractivity (Wildman–Crippen MR) is 70.3 cm³/mol. The summed E-state index contributed by atoms with van der Waals surface area (Å²) in [5, 5.41) is 3.29. The van der Waals surface area contributed by atoms with Crippen LogP contribution in [0.1, 0.15) is 31.2 Å². The molecule has 0 spiro atoms. The Hall–Kier alpha value is -1.62. The molecule has 0 unspecified atom stereocenters. The molecule has 0 radical (unpaired) electrons. The van der Waals surface area contributed by atoms with Crippen LogP contribution in [0, 0.1) is 5.82 Å². The molecule has 0 amide bonds. The molecule has 0 aromatic heterocycles. The summed E-state index contributed by atoms with van der Waals surface area (Å²) in [5.74, 6) is 5.81. The first-order valence-electron chi connectivity index (χ1n) is 6.30. The third-order valence-electron chi connectivity index (χ3n) is 3.17. The van der Waals surface area contributed by atoms with Gasteiger partial charge in [-0.25, -0.2) is 15.2 Å². The molecule has 4 nitrogen and oxygen atoms in total. The van der Waals surface area contributed by atoms with Crippen molar-refractivity contribution in [3.63, 3.8) is 0 Å². The number of hydrogen-bond donors (Lipinski definition) is 3. The predicted octanol–water partition coefficient (Wildman–Crippen LogP) is 1.68. The number of halogens is 1. The lowest BCUT2D eigenvalue weighted by Gasteiger charge is -2.14. The highest BCUT2D eigenvalue weighted by Gasteiger charge is 2.15. The van der Waals surface area contributed by atoms with Crippen molar-refractivity contribution >= 4 is 5.96 Å². The fourth-order valence-corrected chi connectivity index (χ4v) is 2.16. The van der Waals surface area contributed by atoms with Gasteiger partial charge in [-0.3, -0.25) is 5.43 Å². The van der Waals surface area contributed by atoms with Gasteiger partial charge in [0.15, 0.2) is 0 Å². The molecule has 1 aliphatic carbocycles. The lowest BCUT2D eigenvalue weighted by molar-refractivity contribution is 0.614. The molecule has 5 heteroatoms. The monoisotopic (exact) mass is 250 g/mol. The van der Waals surface area contributed by atoms with E-state index in [4.69, 9.17) is 5.84 Å². The molecule has 0 aliphatic heterocycles. The van der Waals surface area contributed by atoms with E-state index in [1.54, 1.807) is 12.1 Å². The van der Waals surface area contributed by atoms with Crippen molar-refractivity contribution < 1.29 is 4.39 Å². The number of guanidine groups is 1. The maximum absolute atomic E-state index is 12.7. The Morgan fingerprint density at radius 2 is 1.94 bits per heavy atom. The fraction of sp³-hybridized carbons (Fsp3) is 0.462. The van der Waals surface area contributed by atoms with E-state index in [0.29, 0.717) is 18.5 Å². The van der Waals surface area contributed by atoms with Crippen molar-refractivity contribution in [2.24, 2.45) is 10.8 Å². The van der Waals surface area contributed by atoms with Gasteiger partial charge in [0.2, 0.25) is 5.96 Å². The molecular weight excluding hydrogens is 231 g/mol. The van der Waals surface area contributed by atoms with Crippen molar-refractivity contribution in [1.29, 1.82) is 0 Å². The molecule has 98 valence electrons. The zero-order valence-corrected chi connectivity index (χ0v) is 10.3. The second-order valence-electron chi connectivity index (χ2n) is 4.56. The molecule has 1 aromatic carbocycles. The Balaban J connectivity index is 1.90. The van der Waals surface area contributed by atoms with Crippen molar-refractivity contribution in [3.8, 4) is 0 Å². The number of rotatable bonds is 3. The molecule has 0 atom stereocenters. The third-order valence-corrected chi connectivity index (χ3v) is 3.17. The quantitative estimate of drug-likeness (QED) is 0.331. The Labute approximate surface area is 106 Å². The molecule has 1 fully saturated rings. The summed E-state index contributed by atoms with van der Waals surface area (Å²) in [7, 11) is 0. The third kappa shape index (κ3) is 3.70. The van der Waals surface area contributed by atoms with E-state index in [-0.39, 0.29) is 5.82 Å². The topological polar surface area (TPSA) is 62.4 Å². The largest absolute Gasteiger partial charge is 0.353 e. The van der Waals surface area contributed by atoms with E-state index < -0.39 is 0 Å². The van der Waals surface area contributed by atoms with E-state index in [2.05, 4.69) is 15.7 Å². The molecule has 0 bridgehead atoms. The highest BCUT2D eigenvalue weighted by atomic mass is 19.1. The Morgan fingerprint density at radius 1 is 1.28 bits per heavy atom. The van der Waals surface area contributed by atoms with Gasteiger partial charge in [-0.15, -0.1) is 0 Å². The van der Waals surface area contributed by atoms with Crippen LogP contribution in [0.4, 0.5) is 4.39 Å². The standard InChI is InChI=1S/C13H19FN4/c14-11-7-5-10(6-8-11)9-16-13(18-15)17-12-3-1-2-4-12/h5-8,12H,1-4,9,15H2,(H2,16,17,18). The van der Waals surface area contributed by atoms with Crippen molar-refractivity contribution in [2.45, 2.75) is 38.3 Å². The van der Waals surface area contributed by atoms with Gasteiger partial charge in [-0.1, -0.05) is 25.0 Å². The van der Waals surface area contributed by atoms with Crippen LogP contribution in [-0.4, -0.2) is 12.0 Å². The lowest BCUT2D eigenvalue weighted by atomic mass is 10.2. The van der Waals surface area contributed by atoms with E-state index in [1.165, 1.54) is 25.0 Å². The maximum Gasteiger partial charge on any atom is 0.206 e. The van der Waals surface area contributed by atoms with Crippen LogP contribution in [0.3, 0.4) is 0 Å². The maximum atomic E-state index is 12.7. The first kappa shape index (κ1) is 12.8. The van der Waals surface area contributed by atoms with Crippen molar-refractivity contribution in [2.75, 3.05) is 0 Å². The second kappa shape index (κ2) is 6.35. The zero-order valence-electron chi connectivity index (χ0n) is 10.3. The van der Waals surface area contributed by atoms with Crippen LogP contribution in [0.25, 0.3) is 0 Å². The molecule has 0 saturated heterocycles. The summed E-state index contributed by atoms with van der Waals surface area (Å²) < 4.78 is 12.7. The summed E-state index contributed by atoms with van der Waals surface area (Å²) in [6, 6.07) is 6.79. The molecule has 4 N–H and O–H groups in total. The number of hydrazine groups is 1. The van der Waals surface area contributed by atoms with Crippen molar-refractivity contribution in [1.82, 2.24) is 10.7 Å². The lowest BCUT2D eigenvalue weighted by Crippen LogP contribution is -2.45. The van der Waals surface area contributed by atoms with Crippen LogP contribution >= 0.6 is 0 Å². The highest BCUT2D eigenvalue weighted by molar-refractivity contribution is 5.79. The smallest absolute Gasteiger partial charge is 0.206 e. The van der Waals surface area contributed by atoms with E-state index in [1.807, 2.05) is 0 Å². The van der Waals surface area contributed by atoms with Crippen LogP contribution in [0.5, 0.6) is 0 Å². The van der Waals surface area contributed by atoms with E-state index >= 15 is 0 Å². The molecular formula is C13H19FN4. The minimum absolute atomic E-state index is 0.232. The normalized spacial score (nSPS) is 16.9. The number of aliphatic imine (C=N–C) groups is 1. The molecule has 18 heavy (non-hydrogen) atoms. The summed E-state index contributed by atoms with van der Waals surface area (Å²) in [5.41, 5.74) is 3.53. The van der Waals surface area contributed by atoms with Gasteiger partial charge in [-0.05, 0) is 30.5 Å². The Morgan fingerprint density at radius 3 is 2.56 bits per heavy atom. The SMILES string of the molecule is NNC(=NCc1ccc(F)cc1)NC1CCCC1. The minimum Gasteiger partial charge on any atom is -0.353 e. The second-order valence-corrected chi connectivity index (χ2v) is 4.56. The molecule has 0 heterocycles. The molecule has 1 aliphatic rings. The van der Waals surface area contributed by atoms with Crippen molar-refractivity contribution in [3.05, 3.63) is 35.6 Å². The fourth-order valence-electron chi connectivity index (χ4n) is 2.16. The van der Waals surface area contributed by atoms with Gasteiger partial charge in [0, 0.05) is 6.04 Å². The minimum atomic E-state index is -0.232. The van der Waals surface area contributed by atoms with Gasteiger partial charge >= 0.3 is 0 Å². The van der Waals surface area contributed by atoms with Crippen LogP contribution in [-0.2, 0) is 6.54 Å². The average Bonchev–Trinajstić information content (AvgIpc) is 2.89. The number of benzene rings is 1. The zero-order chi connectivity index (χ0) is 12.8. The Bertz CT molecular complexity index is 396. The van der Waals surface area contributed by atoms with Gasteiger partial charge in [0.25, 0.3) is 0 Å². The Kier molecular flexibility index (Phi) is 4.52. The number of hydrogen-bond acceptors (Lipinski definition) is 2. The van der Waals surface area contributed by atoms with Crippen LogP contribution < -0.4 is 16.6 Å². The number of nitrogens with zero attached hydrogens (tertiary/aromatic N) is 1. The highest BCUT2D eigenvalue weighted by Crippen LogP contribution is 2.17. The summed E-state index contributed by atoms with van der Waals surface area (Å²) in [6.45, 7) is 0.486.